The number of carbonyl (C=O) groups is 11. The van der Waals surface area contributed by atoms with Gasteiger partial charge in [-0.15, -0.1) is 11.6 Å². The van der Waals surface area contributed by atoms with Gasteiger partial charge in [-0.25, -0.2) is 0 Å². The molecule has 2 aliphatic heterocycles. The van der Waals surface area contributed by atoms with E-state index in [1.165, 1.54) is 57.0 Å². The first-order chi connectivity index (χ1) is 43.7. The maximum absolute atomic E-state index is 15.1. The van der Waals surface area contributed by atoms with Gasteiger partial charge in [0, 0.05) is 66.7 Å². The third-order valence-corrected chi connectivity index (χ3v) is 20.7. The number of nitrogens with zero attached hydrogens (tertiary/aromatic N) is 7. The minimum Gasteiger partial charge on any atom is -0.351 e. The Morgan fingerprint density at radius 1 is 0.596 bits per heavy atom. The van der Waals surface area contributed by atoms with E-state index in [1.54, 1.807) is 34.6 Å². The van der Waals surface area contributed by atoms with Crippen molar-refractivity contribution in [2.45, 2.75) is 236 Å². The molecule has 94 heavy (non-hydrogen) atoms. The van der Waals surface area contributed by atoms with Crippen molar-refractivity contribution in [1.29, 1.82) is 0 Å². The SMILES string of the molecule is CC[C@H](C)[C@@H]1NC(=O)[C@H](CC(C)C)N(C)C(=O)C[C@@H](C)NC(=O)[C@H](C(C)C)N(C)C(=O)C2(CCCC2)NC(=O)[C@@H]2CCCN2C(=O)[C@H](CCC2CCC(C(F)(F)F)C(Cl)C2)NC(=O)CN(C)C(=O)[C@H](CC2CCCC(C(F)(F)F)C2)N(C)C(=O)CN(C)C(=O)CN(C)C1=O. The molecule has 0 bridgehead atoms. The fourth-order valence-electron chi connectivity index (χ4n) is 14.4. The van der Waals surface area contributed by atoms with Crippen LogP contribution >= 0.6 is 11.6 Å². The minimum atomic E-state index is -4.54. The van der Waals surface area contributed by atoms with Gasteiger partial charge in [-0.1, -0.05) is 73.6 Å². The highest BCUT2D eigenvalue weighted by molar-refractivity contribution is 6.20. The molecule has 11 amide bonds. The summed E-state index contributed by atoms with van der Waals surface area (Å²) in [5.74, 6) is -13.5. The molecule has 29 heteroatoms. The zero-order valence-electron chi connectivity index (χ0n) is 57.2. The van der Waals surface area contributed by atoms with Gasteiger partial charge < -0.3 is 55.6 Å². The molecule has 3 aliphatic carbocycles. The molecule has 0 aromatic carbocycles. The number of halogens is 7. The molecule has 0 radical (unpaired) electrons. The maximum Gasteiger partial charge on any atom is 0.393 e. The summed E-state index contributed by atoms with van der Waals surface area (Å²) in [5.41, 5.74) is -1.53. The second-order valence-corrected chi connectivity index (χ2v) is 29.0. The van der Waals surface area contributed by atoms with Gasteiger partial charge in [0.2, 0.25) is 65.0 Å². The first-order valence-corrected chi connectivity index (χ1v) is 34.0. The number of fused-ring (bicyclic) bond motifs is 1. The topological polar surface area (TPSA) is 259 Å². The van der Waals surface area contributed by atoms with Gasteiger partial charge in [0.1, 0.15) is 41.8 Å². The predicted octanol–water partition coefficient (Wildman–Crippen LogP) is 6.01. The van der Waals surface area contributed by atoms with Crippen LogP contribution in [0, 0.1) is 41.4 Å². The number of hydrogen-bond acceptors (Lipinski definition) is 11. The van der Waals surface area contributed by atoms with Crippen LogP contribution in [0.3, 0.4) is 0 Å². The van der Waals surface area contributed by atoms with E-state index >= 15 is 9.59 Å². The molecule has 2 heterocycles. The molecule has 4 N–H and O–H groups in total. The fourth-order valence-corrected chi connectivity index (χ4v) is 14.9. The number of rotatable bonds is 10. The minimum absolute atomic E-state index is 0.0212. The van der Waals surface area contributed by atoms with Crippen molar-refractivity contribution < 1.29 is 79.1 Å². The number of likely N-dealkylation sites (N-methyl/N-ethyl adjacent to an activating group) is 6. The van der Waals surface area contributed by atoms with E-state index < -0.39 is 186 Å². The molecule has 534 valence electrons. The van der Waals surface area contributed by atoms with Crippen LogP contribution < -0.4 is 21.3 Å². The lowest BCUT2D eigenvalue weighted by molar-refractivity contribution is -0.186. The zero-order chi connectivity index (χ0) is 70.6. The molecule has 3 saturated carbocycles. The van der Waals surface area contributed by atoms with E-state index in [0.29, 0.717) is 25.7 Å². The van der Waals surface area contributed by atoms with Gasteiger partial charge in [-0.05, 0) is 120 Å². The molecule has 0 aromatic heterocycles. The molecule has 1 spiro atoms. The van der Waals surface area contributed by atoms with Crippen molar-refractivity contribution in [1.82, 2.24) is 55.6 Å². The summed E-state index contributed by atoms with van der Waals surface area (Å²) in [7, 11) is 7.98. The third kappa shape index (κ3) is 20.5. The number of alkyl halides is 7. The van der Waals surface area contributed by atoms with E-state index in [9.17, 15) is 69.5 Å². The smallest absolute Gasteiger partial charge is 0.351 e. The van der Waals surface area contributed by atoms with Gasteiger partial charge in [0.15, 0.2) is 0 Å². The molecular weight excluding hydrogens is 1260 g/mol. The Labute approximate surface area is 555 Å². The highest BCUT2D eigenvalue weighted by Gasteiger charge is 2.51. The van der Waals surface area contributed by atoms with Crippen molar-refractivity contribution in [3.05, 3.63) is 0 Å². The second kappa shape index (κ2) is 33.8. The van der Waals surface area contributed by atoms with Crippen molar-refractivity contribution >= 4 is 76.6 Å². The van der Waals surface area contributed by atoms with E-state index in [1.807, 2.05) is 13.8 Å². The summed E-state index contributed by atoms with van der Waals surface area (Å²) >= 11 is 6.33. The summed E-state index contributed by atoms with van der Waals surface area (Å²) in [5, 5.41) is 10.1. The third-order valence-electron chi connectivity index (χ3n) is 20.3. The first kappa shape index (κ1) is 78.7. The van der Waals surface area contributed by atoms with Crippen molar-refractivity contribution in [3.63, 3.8) is 0 Å². The summed E-state index contributed by atoms with van der Waals surface area (Å²) in [6.07, 6.45) is -7.54. The van der Waals surface area contributed by atoms with Gasteiger partial charge in [0.25, 0.3) is 0 Å². The van der Waals surface area contributed by atoms with E-state index in [4.69, 9.17) is 11.6 Å². The van der Waals surface area contributed by atoms with Crippen molar-refractivity contribution in [2.75, 3.05) is 68.5 Å². The number of nitrogens with one attached hydrogen (secondary N) is 4. The van der Waals surface area contributed by atoms with Crippen LogP contribution in [-0.2, 0) is 52.7 Å². The summed E-state index contributed by atoms with van der Waals surface area (Å²) in [4.78, 5) is 168. The van der Waals surface area contributed by atoms with Gasteiger partial charge in [0.05, 0.1) is 31.5 Å². The Hall–Kier alpha value is -5.96. The van der Waals surface area contributed by atoms with Crippen LogP contribution in [-0.4, -0.2) is 233 Å². The van der Waals surface area contributed by atoms with Crippen LogP contribution in [0.15, 0.2) is 0 Å². The second-order valence-electron chi connectivity index (χ2n) is 28.4. The number of amides is 11. The van der Waals surface area contributed by atoms with E-state index in [2.05, 4.69) is 21.3 Å². The largest absolute Gasteiger partial charge is 0.393 e. The standard InChI is InChI=1S/C65H104ClF6N11O11/c1-14-39(6)54-61(93)79(10)35-52(86)77(8)36-53(87)81(12)49(33-42-19-17-20-43(31-42)64(67,68)69)60(92)78(9)34-50(84)74-46(25-23-41-22-24-44(45(66)32-41)65(70,71)72)59(91)83-28-18-21-47(83)57(89)76-63(26-15-16-27-63)62(94)82(13)55(38(4)5)58(90)73-40(7)30-51(85)80(11)48(29-37(2)3)56(88)75-54/h37-49,54-55H,14-36H2,1-13H3,(H,73,90)(H,74,84)(H,75,88)(H,76,89)/t39-,40+,41?,42?,43?,44?,45?,46-,47-,48-,49-,54-,55-/m0/s1. The lowest BCUT2D eigenvalue weighted by Crippen LogP contribution is -2.64. The van der Waals surface area contributed by atoms with Crippen LogP contribution in [0.4, 0.5) is 26.3 Å². The van der Waals surface area contributed by atoms with Crippen LogP contribution in [0.2, 0.25) is 0 Å². The average Bonchev–Trinajstić information content (AvgIpc) is 1.55. The molecule has 2 saturated heterocycles. The first-order valence-electron chi connectivity index (χ1n) is 33.6. The highest BCUT2D eigenvalue weighted by atomic mass is 35.5. The lowest BCUT2D eigenvalue weighted by atomic mass is 9.78. The Morgan fingerprint density at radius 3 is 1.80 bits per heavy atom. The Bertz CT molecular complexity index is 2700. The normalized spacial score (nSPS) is 30.7. The molecule has 5 fully saturated rings. The predicted molar refractivity (Wildman–Crippen MR) is 338 cm³/mol. The Balaban J connectivity index is 1.55. The quantitative estimate of drug-likeness (QED) is 0.145. The van der Waals surface area contributed by atoms with E-state index in [0.717, 1.165) is 19.6 Å². The number of carbonyl (C=O) groups excluding carboxylic acids is 11. The van der Waals surface area contributed by atoms with Gasteiger partial charge in [-0.2, -0.15) is 26.3 Å². The van der Waals surface area contributed by atoms with Crippen molar-refractivity contribution in [3.8, 4) is 0 Å². The Morgan fingerprint density at radius 2 is 1.21 bits per heavy atom. The molecule has 5 unspecified atom stereocenters. The monoisotopic (exact) mass is 1360 g/mol. The summed E-state index contributed by atoms with van der Waals surface area (Å²) in [6, 6.07) is -8.38. The fraction of sp³-hybridized carbons (Fsp3) is 0.831. The molecule has 13 atom stereocenters. The Kier molecular flexibility index (Phi) is 28.3. The van der Waals surface area contributed by atoms with Crippen LogP contribution in [0.1, 0.15) is 170 Å². The van der Waals surface area contributed by atoms with E-state index in [-0.39, 0.29) is 109 Å². The molecule has 5 rings (SSSR count). The summed E-state index contributed by atoms with van der Waals surface area (Å²) in [6.45, 7) is 10.3. The highest BCUT2D eigenvalue weighted by Crippen LogP contribution is 2.45. The van der Waals surface area contributed by atoms with Crippen LogP contribution in [0.25, 0.3) is 0 Å². The van der Waals surface area contributed by atoms with Crippen molar-refractivity contribution in [2.24, 2.45) is 41.4 Å². The van der Waals surface area contributed by atoms with Gasteiger partial charge >= 0.3 is 12.4 Å². The molecular formula is C65H104ClF6N11O11. The molecule has 5 aliphatic rings. The van der Waals surface area contributed by atoms with Gasteiger partial charge in [-0.3, -0.25) is 52.7 Å². The summed E-state index contributed by atoms with van der Waals surface area (Å²) < 4.78 is 84.4. The van der Waals surface area contributed by atoms with Crippen LogP contribution in [0.5, 0.6) is 0 Å². The zero-order valence-corrected chi connectivity index (χ0v) is 57.9. The molecule has 0 aromatic rings. The average molecular weight is 1370 g/mol. The molecule has 22 nitrogen and oxygen atoms in total. The number of hydrogen-bond donors (Lipinski definition) is 4. The maximum atomic E-state index is 15.1. The lowest BCUT2D eigenvalue weighted by Gasteiger charge is -2.39.